The number of hydrogen-bond acceptors (Lipinski definition) is 6. The normalized spacial score (nSPS) is 15.0. The molecule has 1 aliphatic carbocycles. The molecule has 1 saturated carbocycles. The third-order valence-electron chi connectivity index (χ3n) is 3.63. The highest BCUT2D eigenvalue weighted by atomic mass is 35.5. The van der Waals surface area contributed by atoms with Crippen LogP contribution in [0.4, 0.5) is 0 Å². The van der Waals surface area contributed by atoms with Crippen LogP contribution < -0.4 is 4.74 Å². The monoisotopic (exact) mass is 406 g/mol. The van der Waals surface area contributed by atoms with Gasteiger partial charge in [-0.2, -0.15) is 0 Å². The topological polar surface area (TPSA) is 69.9 Å². The van der Waals surface area contributed by atoms with Gasteiger partial charge in [0.05, 0.1) is 21.8 Å². The number of ether oxygens (including phenoxy) is 1. The maximum atomic E-state index is 12.1. The minimum absolute atomic E-state index is 0.0440. The van der Waals surface area contributed by atoms with Crippen LogP contribution in [0.25, 0.3) is 0 Å². The van der Waals surface area contributed by atoms with Crippen LogP contribution >= 0.6 is 46.6 Å². The van der Waals surface area contributed by atoms with Gasteiger partial charge in [-0.3, -0.25) is 4.79 Å². The second-order valence-corrected chi connectivity index (χ2v) is 7.50. The first-order valence-corrected chi connectivity index (χ1v) is 9.42. The highest BCUT2D eigenvalue weighted by Crippen LogP contribution is 2.36. The van der Waals surface area contributed by atoms with Gasteiger partial charge in [-0.25, -0.2) is 4.68 Å². The van der Waals surface area contributed by atoms with E-state index in [1.54, 1.807) is 4.68 Å². The van der Waals surface area contributed by atoms with Crippen molar-refractivity contribution >= 4 is 52.5 Å². The number of aromatic nitrogens is 4. The van der Waals surface area contributed by atoms with Crippen molar-refractivity contribution in [3.05, 3.63) is 27.2 Å². The number of rotatable bonds is 5. The van der Waals surface area contributed by atoms with Crippen LogP contribution in [-0.2, 0) is 4.79 Å². The molecule has 6 nitrogen and oxygen atoms in total. The predicted molar refractivity (Wildman–Crippen MR) is 93.2 cm³/mol. The Labute approximate surface area is 157 Å². The largest absolute Gasteiger partial charge is 0.423 e. The highest BCUT2D eigenvalue weighted by molar-refractivity contribution is 7.99. The number of nitrogens with zero attached hydrogens (tertiary/aromatic N) is 4. The molecule has 0 unspecified atom stereocenters. The fraction of sp³-hybridized carbons (Fsp3) is 0.429. The number of tetrazole rings is 1. The molecule has 3 rings (SSSR count). The first-order valence-electron chi connectivity index (χ1n) is 7.30. The minimum atomic E-state index is -0.493. The molecule has 1 aliphatic rings. The summed E-state index contributed by atoms with van der Waals surface area (Å²) >= 11 is 19.1. The van der Waals surface area contributed by atoms with E-state index < -0.39 is 5.97 Å². The third-order valence-corrected chi connectivity index (χ3v) is 5.32. The average Bonchev–Trinajstić information content (AvgIpc) is 3.19. The van der Waals surface area contributed by atoms with E-state index in [4.69, 9.17) is 39.5 Å². The van der Waals surface area contributed by atoms with Crippen molar-refractivity contribution in [3.63, 3.8) is 0 Å². The van der Waals surface area contributed by atoms with E-state index in [2.05, 4.69) is 15.5 Å². The van der Waals surface area contributed by atoms with E-state index in [1.807, 2.05) is 0 Å². The van der Waals surface area contributed by atoms with Crippen LogP contribution in [0.3, 0.4) is 0 Å². The molecule has 0 saturated heterocycles. The Morgan fingerprint density at radius 2 is 1.92 bits per heavy atom. The van der Waals surface area contributed by atoms with Gasteiger partial charge in [0.25, 0.3) is 0 Å². The number of halogens is 3. The summed E-state index contributed by atoms with van der Waals surface area (Å²) in [7, 11) is 0. The molecular formula is C14H13Cl3N4O2S. The lowest BCUT2D eigenvalue weighted by Crippen LogP contribution is -2.13. The highest BCUT2D eigenvalue weighted by Gasteiger charge is 2.22. The van der Waals surface area contributed by atoms with Crippen molar-refractivity contribution in [1.82, 2.24) is 20.2 Å². The van der Waals surface area contributed by atoms with E-state index in [9.17, 15) is 4.79 Å². The second-order valence-electron chi connectivity index (χ2n) is 5.31. The van der Waals surface area contributed by atoms with Gasteiger partial charge in [-0.05, 0) is 35.4 Å². The summed E-state index contributed by atoms with van der Waals surface area (Å²) < 4.78 is 7.02. The first-order chi connectivity index (χ1) is 11.5. The van der Waals surface area contributed by atoms with E-state index in [-0.39, 0.29) is 21.5 Å². The lowest BCUT2D eigenvalue weighted by molar-refractivity contribution is -0.131. The van der Waals surface area contributed by atoms with Gasteiger partial charge in [0.15, 0.2) is 5.75 Å². The summed E-state index contributed by atoms with van der Waals surface area (Å²) in [6.45, 7) is 0. The van der Waals surface area contributed by atoms with Gasteiger partial charge < -0.3 is 4.74 Å². The molecule has 0 atom stereocenters. The third kappa shape index (κ3) is 4.14. The van der Waals surface area contributed by atoms with Crippen LogP contribution in [-0.4, -0.2) is 31.9 Å². The summed E-state index contributed by atoms with van der Waals surface area (Å²) in [5.74, 6) is -0.349. The fourth-order valence-electron chi connectivity index (χ4n) is 2.55. The minimum Gasteiger partial charge on any atom is -0.423 e. The van der Waals surface area contributed by atoms with E-state index in [0.29, 0.717) is 16.2 Å². The van der Waals surface area contributed by atoms with Crippen molar-refractivity contribution in [2.45, 2.75) is 36.9 Å². The second kappa shape index (κ2) is 7.91. The fourth-order valence-corrected chi connectivity index (χ4v) is 4.16. The SMILES string of the molecule is O=C(CSc1nnnn1C1CCCC1)Oc1c(Cl)cc(Cl)cc1Cl. The number of benzene rings is 1. The molecule has 0 amide bonds. The van der Waals surface area contributed by atoms with Crippen LogP contribution in [0.5, 0.6) is 5.75 Å². The zero-order chi connectivity index (χ0) is 17.1. The molecule has 0 radical (unpaired) electrons. The van der Waals surface area contributed by atoms with Crippen molar-refractivity contribution < 1.29 is 9.53 Å². The molecule has 2 aromatic rings. The molecule has 128 valence electrons. The Morgan fingerprint density at radius 1 is 1.25 bits per heavy atom. The van der Waals surface area contributed by atoms with Gasteiger partial charge >= 0.3 is 5.97 Å². The van der Waals surface area contributed by atoms with Crippen molar-refractivity contribution in [1.29, 1.82) is 0 Å². The summed E-state index contributed by atoms with van der Waals surface area (Å²) in [4.78, 5) is 12.1. The van der Waals surface area contributed by atoms with Crippen molar-refractivity contribution in [2.24, 2.45) is 0 Å². The van der Waals surface area contributed by atoms with Gasteiger partial charge in [0.1, 0.15) is 0 Å². The Kier molecular flexibility index (Phi) is 5.86. The predicted octanol–water partition coefficient (Wildman–Crippen LogP) is 4.45. The molecule has 0 spiro atoms. The molecule has 1 aromatic carbocycles. The number of carbonyl (C=O) groups excluding carboxylic acids is 1. The molecule has 24 heavy (non-hydrogen) atoms. The van der Waals surface area contributed by atoms with Gasteiger partial charge in [-0.15, -0.1) is 5.10 Å². The number of thioether (sulfide) groups is 1. The lowest BCUT2D eigenvalue weighted by Gasteiger charge is -2.11. The van der Waals surface area contributed by atoms with Crippen LogP contribution in [0.2, 0.25) is 15.1 Å². The van der Waals surface area contributed by atoms with Crippen LogP contribution in [0.15, 0.2) is 17.3 Å². The zero-order valence-electron chi connectivity index (χ0n) is 12.4. The Morgan fingerprint density at radius 3 is 2.58 bits per heavy atom. The molecular weight excluding hydrogens is 395 g/mol. The first kappa shape index (κ1) is 17.8. The molecule has 0 bridgehead atoms. The van der Waals surface area contributed by atoms with Gasteiger partial charge in [-0.1, -0.05) is 59.4 Å². The number of hydrogen-bond donors (Lipinski definition) is 0. The Balaban J connectivity index is 1.62. The molecule has 1 heterocycles. The van der Waals surface area contributed by atoms with Crippen LogP contribution in [0.1, 0.15) is 31.7 Å². The standard InChI is InChI=1S/C14H13Cl3N4O2S/c15-8-5-10(16)13(11(17)6-8)23-12(22)7-24-14-18-19-20-21(14)9-3-1-2-4-9/h5-6,9H,1-4,7H2. The van der Waals surface area contributed by atoms with E-state index in [0.717, 1.165) is 12.8 Å². The summed E-state index contributed by atoms with van der Waals surface area (Å²) in [5.41, 5.74) is 0. The summed E-state index contributed by atoms with van der Waals surface area (Å²) in [5, 5.41) is 13.0. The Bertz CT molecular complexity index is 726. The van der Waals surface area contributed by atoms with Crippen molar-refractivity contribution in [3.8, 4) is 5.75 Å². The molecule has 1 fully saturated rings. The maximum absolute atomic E-state index is 12.1. The Hall–Kier alpha value is -1.02. The quantitative estimate of drug-likeness (QED) is 0.414. The van der Waals surface area contributed by atoms with Crippen LogP contribution in [0, 0.1) is 0 Å². The molecule has 1 aromatic heterocycles. The average molecular weight is 408 g/mol. The van der Waals surface area contributed by atoms with E-state index in [1.165, 1.54) is 36.7 Å². The van der Waals surface area contributed by atoms with Gasteiger partial charge in [0, 0.05) is 5.02 Å². The molecule has 10 heteroatoms. The maximum Gasteiger partial charge on any atom is 0.321 e. The number of esters is 1. The zero-order valence-corrected chi connectivity index (χ0v) is 15.5. The van der Waals surface area contributed by atoms with Crippen molar-refractivity contribution in [2.75, 3.05) is 5.75 Å². The molecule has 0 aliphatic heterocycles. The smallest absolute Gasteiger partial charge is 0.321 e. The lowest BCUT2D eigenvalue weighted by atomic mass is 10.3. The number of carbonyl (C=O) groups is 1. The molecule has 0 N–H and O–H groups in total. The summed E-state index contributed by atoms with van der Waals surface area (Å²) in [6, 6.07) is 3.23. The summed E-state index contributed by atoms with van der Waals surface area (Å²) in [6.07, 6.45) is 4.45. The van der Waals surface area contributed by atoms with Gasteiger partial charge in [0.2, 0.25) is 5.16 Å². The van der Waals surface area contributed by atoms with E-state index >= 15 is 0 Å².